The number of likely N-dealkylation sites (tertiary alicyclic amines) is 1. The van der Waals surface area contributed by atoms with E-state index in [1.54, 1.807) is 24.3 Å². The van der Waals surface area contributed by atoms with E-state index in [-0.39, 0.29) is 17.5 Å². The zero-order valence-corrected chi connectivity index (χ0v) is 13.3. The number of piperidine rings is 1. The molecule has 1 saturated heterocycles. The van der Waals surface area contributed by atoms with E-state index in [2.05, 4.69) is 14.1 Å². The standard InChI is InChI=1S/C15H24NO3S/c1-13-7-9-15(10-8-13)20(17,18)19-12-14-6-4-5-11-16(14,2)3/h7-10,14H,4-6,11-12H2,1-3H3/q+1. The Morgan fingerprint density at radius 1 is 1.20 bits per heavy atom. The molecule has 1 aliphatic heterocycles. The molecule has 1 unspecified atom stereocenters. The summed E-state index contributed by atoms with van der Waals surface area (Å²) in [5.41, 5.74) is 1.04. The van der Waals surface area contributed by atoms with E-state index in [1.807, 2.05) is 6.92 Å². The van der Waals surface area contributed by atoms with E-state index in [0.29, 0.717) is 0 Å². The van der Waals surface area contributed by atoms with Crippen molar-refractivity contribution in [2.45, 2.75) is 37.1 Å². The number of hydrogen-bond acceptors (Lipinski definition) is 3. The second kappa shape index (κ2) is 5.84. The first-order valence-corrected chi connectivity index (χ1v) is 8.51. The van der Waals surface area contributed by atoms with Crippen LogP contribution in [-0.2, 0) is 14.3 Å². The smallest absolute Gasteiger partial charge is 0.297 e. The second-order valence-electron chi connectivity index (χ2n) is 6.20. The van der Waals surface area contributed by atoms with Gasteiger partial charge in [-0.1, -0.05) is 17.7 Å². The fourth-order valence-electron chi connectivity index (χ4n) is 2.66. The molecule has 0 bridgehead atoms. The van der Waals surface area contributed by atoms with Gasteiger partial charge in [-0.2, -0.15) is 8.42 Å². The average molecular weight is 298 g/mol. The highest BCUT2D eigenvalue weighted by atomic mass is 32.2. The lowest BCUT2D eigenvalue weighted by atomic mass is 10.0. The summed E-state index contributed by atoms with van der Waals surface area (Å²) in [6.07, 6.45) is 3.38. The SMILES string of the molecule is Cc1ccc(S(=O)(=O)OCC2CCCC[N+]2(C)C)cc1. The molecule has 1 aliphatic rings. The highest BCUT2D eigenvalue weighted by Crippen LogP contribution is 2.23. The van der Waals surface area contributed by atoms with Crippen LogP contribution in [0.2, 0.25) is 0 Å². The Morgan fingerprint density at radius 3 is 2.45 bits per heavy atom. The van der Waals surface area contributed by atoms with Crippen molar-refractivity contribution in [3.63, 3.8) is 0 Å². The van der Waals surface area contributed by atoms with Crippen molar-refractivity contribution in [3.8, 4) is 0 Å². The molecular formula is C15H24NO3S+. The highest BCUT2D eigenvalue weighted by Gasteiger charge is 2.33. The molecular weight excluding hydrogens is 274 g/mol. The number of rotatable bonds is 4. The second-order valence-corrected chi connectivity index (χ2v) is 7.82. The molecule has 0 aliphatic carbocycles. The van der Waals surface area contributed by atoms with Gasteiger partial charge in [0.25, 0.3) is 10.1 Å². The molecule has 0 N–H and O–H groups in total. The Hall–Kier alpha value is -0.910. The monoisotopic (exact) mass is 298 g/mol. The van der Waals surface area contributed by atoms with Crippen molar-refractivity contribution in [2.75, 3.05) is 27.2 Å². The third-order valence-electron chi connectivity index (χ3n) is 4.24. The molecule has 0 spiro atoms. The van der Waals surface area contributed by atoms with E-state index >= 15 is 0 Å². The van der Waals surface area contributed by atoms with Crippen molar-refractivity contribution < 1.29 is 17.1 Å². The molecule has 0 saturated carbocycles. The minimum Gasteiger partial charge on any atom is -0.324 e. The minimum absolute atomic E-state index is 0.240. The predicted octanol–water partition coefficient (Wildman–Crippen LogP) is 2.33. The molecule has 1 aromatic carbocycles. The summed E-state index contributed by atoms with van der Waals surface area (Å²) in [6, 6.07) is 7.04. The molecule has 2 rings (SSSR count). The molecule has 0 radical (unpaired) electrons. The van der Waals surface area contributed by atoms with Gasteiger partial charge in [-0.25, -0.2) is 0 Å². The Morgan fingerprint density at radius 2 is 1.85 bits per heavy atom. The number of nitrogens with zero attached hydrogens (tertiary/aromatic N) is 1. The first-order valence-electron chi connectivity index (χ1n) is 7.10. The van der Waals surface area contributed by atoms with Gasteiger partial charge in [0.2, 0.25) is 0 Å². The van der Waals surface area contributed by atoms with Gasteiger partial charge in [0.1, 0.15) is 12.6 Å². The van der Waals surface area contributed by atoms with E-state index < -0.39 is 10.1 Å². The highest BCUT2D eigenvalue weighted by molar-refractivity contribution is 7.86. The molecule has 0 aromatic heterocycles. The number of hydrogen-bond donors (Lipinski definition) is 0. The maximum Gasteiger partial charge on any atom is 0.297 e. The fraction of sp³-hybridized carbons (Fsp3) is 0.600. The van der Waals surface area contributed by atoms with Crippen molar-refractivity contribution >= 4 is 10.1 Å². The molecule has 4 nitrogen and oxygen atoms in total. The average Bonchev–Trinajstić information content (AvgIpc) is 2.37. The van der Waals surface area contributed by atoms with Crippen molar-refractivity contribution in [1.29, 1.82) is 0 Å². The first-order chi connectivity index (χ1) is 9.31. The van der Waals surface area contributed by atoms with Gasteiger partial charge in [-0.05, 0) is 31.9 Å². The zero-order chi connectivity index (χ0) is 14.8. The van der Waals surface area contributed by atoms with Gasteiger partial charge in [-0.3, -0.25) is 4.18 Å². The number of aryl methyl sites for hydroxylation is 1. The van der Waals surface area contributed by atoms with Gasteiger partial charge in [0, 0.05) is 6.42 Å². The van der Waals surface area contributed by atoms with Crippen molar-refractivity contribution in [1.82, 2.24) is 0 Å². The van der Waals surface area contributed by atoms with Gasteiger partial charge < -0.3 is 4.48 Å². The van der Waals surface area contributed by atoms with Crippen molar-refractivity contribution in [2.24, 2.45) is 0 Å². The van der Waals surface area contributed by atoms with Crippen LogP contribution in [0.4, 0.5) is 0 Å². The number of benzene rings is 1. The van der Waals surface area contributed by atoms with E-state index in [9.17, 15) is 8.42 Å². The van der Waals surface area contributed by atoms with Gasteiger partial charge >= 0.3 is 0 Å². The van der Waals surface area contributed by atoms with Crippen LogP contribution in [0.1, 0.15) is 24.8 Å². The number of quaternary nitrogens is 1. The first kappa shape index (κ1) is 15.5. The van der Waals surface area contributed by atoms with Crippen LogP contribution in [0.3, 0.4) is 0 Å². The van der Waals surface area contributed by atoms with Crippen LogP contribution >= 0.6 is 0 Å². The Bertz CT molecular complexity index is 549. The summed E-state index contributed by atoms with van der Waals surface area (Å²) in [5.74, 6) is 0. The molecule has 1 aromatic rings. The largest absolute Gasteiger partial charge is 0.324 e. The van der Waals surface area contributed by atoms with E-state index in [1.165, 1.54) is 6.42 Å². The maximum atomic E-state index is 12.2. The summed E-state index contributed by atoms with van der Waals surface area (Å²) in [5, 5.41) is 0. The third kappa shape index (κ3) is 3.59. The molecule has 1 heterocycles. The van der Waals surface area contributed by atoms with E-state index in [4.69, 9.17) is 4.18 Å². The molecule has 1 atom stereocenters. The van der Waals surface area contributed by atoms with Crippen LogP contribution < -0.4 is 0 Å². The van der Waals surface area contributed by atoms with Gasteiger partial charge in [-0.15, -0.1) is 0 Å². The summed E-state index contributed by atoms with van der Waals surface area (Å²) in [7, 11) is 0.652. The summed E-state index contributed by atoms with van der Waals surface area (Å²) < 4.78 is 30.5. The third-order valence-corrected chi connectivity index (χ3v) is 5.53. The lowest BCUT2D eigenvalue weighted by Gasteiger charge is -2.41. The van der Waals surface area contributed by atoms with Crippen molar-refractivity contribution in [3.05, 3.63) is 29.8 Å². The Kier molecular flexibility index (Phi) is 4.52. The maximum absolute atomic E-state index is 12.2. The van der Waals surface area contributed by atoms with Crippen LogP contribution in [0.25, 0.3) is 0 Å². The molecule has 112 valence electrons. The predicted molar refractivity (Wildman–Crippen MR) is 78.9 cm³/mol. The summed E-state index contributed by atoms with van der Waals surface area (Å²) in [4.78, 5) is 0.240. The molecule has 20 heavy (non-hydrogen) atoms. The van der Waals surface area contributed by atoms with E-state index in [0.717, 1.165) is 29.4 Å². The lowest BCUT2D eigenvalue weighted by molar-refractivity contribution is -0.920. The fourth-order valence-corrected chi connectivity index (χ4v) is 3.60. The normalized spacial score (nSPS) is 22.6. The van der Waals surface area contributed by atoms with Crippen LogP contribution in [0.5, 0.6) is 0 Å². The zero-order valence-electron chi connectivity index (χ0n) is 12.5. The van der Waals surface area contributed by atoms with Gasteiger partial charge in [0.05, 0.1) is 25.5 Å². The molecule has 5 heteroatoms. The Balaban J connectivity index is 2.04. The minimum atomic E-state index is -3.64. The van der Waals surface area contributed by atoms with Crippen LogP contribution in [0.15, 0.2) is 29.2 Å². The Labute approximate surface area is 122 Å². The topological polar surface area (TPSA) is 43.4 Å². The van der Waals surface area contributed by atoms with Crippen LogP contribution in [0, 0.1) is 6.92 Å². The quantitative estimate of drug-likeness (QED) is 0.633. The molecule has 0 amide bonds. The lowest BCUT2D eigenvalue weighted by Crippen LogP contribution is -2.54. The van der Waals surface area contributed by atoms with Gasteiger partial charge in [0.15, 0.2) is 0 Å². The number of likely N-dealkylation sites (N-methyl/N-ethyl adjacent to an activating group) is 1. The molecule has 1 fully saturated rings. The summed E-state index contributed by atoms with van der Waals surface area (Å²) in [6.45, 7) is 3.28. The van der Waals surface area contributed by atoms with Crippen LogP contribution in [-0.4, -0.2) is 46.2 Å². The summed E-state index contributed by atoms with van der Waals surface area (Å²) >= 11 is 0.